The maximum atomic E-state index is 5.55. The minimum Gasteiger partial charge on any atom is -0.464 e. The lowest BCUT2D eigenvalue weighted by Crippen LogP contribution is -1.87. The lowest BCUT2D eigenvalue weighted by Gasteiger charge is -2.02. The molecule has 0 radical (unpaired) electrons. The molecule has 0 bridgehead atoms. The van der Waals surface area contributed by atoms with Crippen LogP contribution in [0.15, 0.2) is 63.7 Å². The number of benzene rings is 2. The molecule has 0 spiro atoms. The normalized spacial score (nSPS) is 10.9. The molecule has 1 aromatic heterocycles. The molecule has 0 N–H and O–H groups in total. The summed E-state index contributed by atoms with van der Waals surface area (Å²) in [5, 5.41) is 1.20. The van der Waals surface area contributed by atoms with Crippen molar-refractivity contribution in [3.05, 3.63) is 70.4 Å². The van der Waals surface area contributed by atoms with Crippen molar-refractivity contribution >= 4 is 26.9 Å². The summed E-state index contributed by atoms with van der Waals surface area (Å²) in [7, 11) is 0. The van der Waals surface area contributed by atoms with Gasteiger partial charge in [0.25, 0.3) is 0 Å². The molecule has 0 saturated carbocycles. The Kier molecular flexibility index (Phi) is 2.73. The summed E-state index contributed by atoms with van der Waals surface area (Å²) in [6, 6.07) is 16.4. The Labute approximate surface area is 108 Å². The third kappa shape index (κ3) is 2.01. The second-order valence-electron chi connectivity index (χ2n) is 4.03. The molecule has 0 fully saturated rings. The van der Waals surface area contributed by atoms with Crippen molar-refractivity contribution in [2.45, 2.75) is 6.42 Å². The maximum Gasteiger partial charge on any atom is 0.134 e. The highest BCUT2D eigenvalue weighted by Crippen LogP contribution is 2.26. The van der Waals surface area contributed by atoms with Crippen LogP contribution in [0.5, 0.6) is 0 Å². The summed E-state index contributed by atoms with van der Waals surface area (Å²) in [6.07, 6.45) is 2.74. The highest BCUT2D eigenvalue weighted by atomic mass is 79.9. The third-order valence-electron chi connectivity index (χ3n) is 2.90. The van der Waals surface area contributed by atoms with E-state index in [9.17, 15) is 0 Å². The van der Waals surface area contributed by atoms with Crippen LogP contribution in [0.2, 0.25) is 0 Å². The van der Waals surface area contributed by atoms with E-state index in [1.165, 1.54) is 16.5 Å². The van der Waals surface area contributed by atoms with Gasteiger partial charge in [-0.3, -0.25) is 0 Å². The van der Waals surface area contributed by atoms with Gasteiger partial charge in [0.15, 0.2) is 0 Å². The SMILES string of the molecule is Brc1ccccc1Cc1coc2ccccc12. The van der Waals surface area contributed by atoms with E-state index in [4.69, 9.17) is 4.42 Å². The largest absolute Gasteiger partial charge is 0.464 e. The van der Waals surface area contributed by atoms with E-state index in [-0.39, 0.29) is 0 Å². The van der Waals surface area contributed by atoms with Gasteiger partial charge in [-0.1, -0.05) is 52.3 Å². The number of rotatable bonds is 2. The summed E-state index contributed by atoms with van der Waals surface area (Å²) in [4.78, 5) is 0. The Morgan fingerprint density at radius 2 is 1.65 bits per heavy atom. The molecule has 84 valence electrons. The van der Waals surface area contributed by atoms with Crippen LogP contribution in [0.3, 0.4) is 0 Å². The summed E-state index contributed by atoms with van der Waals surface area (Å²) >= 11 is 3.58. The van der Waals surface area contributed by atoms with Gasteiger partial charge in [-0.15, -0.1) is 0 Å². The van der Waals surface area contributed by atoms with Gasteiger partial charge in [-0.25, -0.2) is 0 Å². The molecule has 0 aliphatic heterocycles. The van der Waals surface area contributed by atoms with Crippen molar-refractivity contribution < 1.29 is 4.42 Å². The van der Waals surface area contributed by atoms with Crippen molar-refractivity contribution in [1.29, 1.82) is 0 Å². The fraction of sp³-hybridized carbons (Fsp3) is 0.0667. The van der Waals surface area contributed by atoms with Gasteiger partial charge < -0.3 is 4.42 Å². The van der Waals surface area contributed by atoms with Crippen molar-refractivity contribution in [3.63, 3.8) is 0 Å². The van der Waals surface area contributed by atoms with Gasteiger partial charge in [0.05, 0.1) is 6.26 Å². The van der Waals surface area contributed by atoms with Crippen LogP contribution >= 0.6 is 15.9 Å². The number of fused-ring (bicyclic) bond motifs is 1. The fourth-order valence-electron chi connectivity index (χ4n) is 2.02. The fourth-order valence-corrected chi connectivity index (χ4v) is 2.44. The van der Waals surface area contributed by atoms with Gasteiger partial charge >= 0.3 is 0 Å². The monoisotopic (exact) mass is 286 g/mol. The summed E-state index contributed by atoms with van der Waals surface area (Å²) in [6.45, 7) is 0. The van der Waals surface area contributed by atoms with Crippen molar-refractivity contribution in [3.8, 4) is 0 Å². The lowest BCUT2D eigenvalue weighted by atomic mass is 10.0. The zero-order valence-electron chi connectivity index (χ0n) is 9.19. The van der Waals surface area contributed by atoms with Gasteiger partial charge in [0, 0.05) is 21.8 Å². The molecule has 3 aromatic rings. The van der Waals surface area contributed by atoms with E-state index in [0.717, 1.165) is 16.5 Å². The number of hydrogen-bond acceptors (Lipinski definition) is 1. The van der Waals surface area contributed by atoms with Crippen molar-refractivity contribution in [1.82, 2.24) is 0 Å². The highest BCUT2D eigenvalue weighted by Gasteiger charge is 2.07. The van der Waals surface area contributed by atoms with E-state index in [2.05, 4.69) is 40.2 Å². The van der Waals surface area contributed by atoms with Crippen molar-refractivity contribution in [2.75, 3.05) is 0 Å². The van der Waals surface area contributed by atoms with Crippen LogP contribution < -0.4 is 0 Å². The predicted octanol–water partition coefficient (Wildman–Crippen LogP) is 4.79. The molecule has 0 saturated heterocycles. The van der Waals surface area contributed by atoms with E-state index in [1.54, 1.807) is 0 Å². The first kappa shape index (κ1) is 10.6. The zero-order chi connectivity index (χ0) is 11.7. The molecule has 3 rings (SSSR count). The average molecular weight is 287 g/mol. The summed E-state index contributed by atoms with van der Waals surface area (Å²) < 4.78 is 6.69. The smallest absolute Gasteiger partial charge is 0.134 e. The van der Waals surface area contributed by atoms with E-state index < -0.39 is 0 Å². The van der Waals surface area contributed by atoms with E-state index in [0.29, 0.717) is 0 Å². The molecular formula is C15H11BrO. The Morgan fingerprint density at radius 1 is 0.882 bits per heavy atom. The van der Waals surface area contributed by atoms with Gasteiger partial charge in [0.1, 0.15) is 5.58 Å². The first-order valence-electron chi connectivity index (χ1n) is 5.53. The Bertz CT molecular complexity index is 655. The van der Waals surface area contributed by atoms with Crippen LogP contribution in [0.1, 0.15) is 11.1 Å². The first-order valence-corrected chi connectivity index (χ1v) is 6.32. The quantitative estimate of drug-likeness (QED) is 0.660. The van der Waals surface area contributed by atoms with E-state index >= 15 is 0 Å². The summed E-state index contributed by atoms with van der Waals surface area (Å²) in [5.74, 6) is 0. The number of para-hydroxylation sites is 1. The van der Waals surface area contributed by atoms with Gasteiger partial charge in [-0.2, -0.15) is 0 Å². The topological polar surface area (TPSA) is 13.1 Å². The minimum atomic E-state index is 0.887. The molecule has 1 nitrogen and oxygen atoms in total. The Balaban J connectivity index is 2.03. The molecule has 0 aliphatic rings. The molecule has 0 unspecified atom stereocenters. The second-order valence-corrected chi connectivity index (χ2v) is 4.88. The zero-order valence-corrected chi connectivity index (χ0v) is 10.8. The Hall–Kier alpha value is -1.54. The molecule has 2 heteroatoms. The standard InChI is InChI=1S/C15H11BrO/c16-14-7-3-1-5-11(14)9-12-10-17-15-8-4-2-6-13(12)15/h1-8,10H,9H2. The molecule has 0 amide bonds. The van der Waals surface area contributed by atoms with Crippen LogP contribution in [0, 0.1) is 0 Å². The molecule has 2 aromatic carbocycles. The van der Waals surface area contributed by atoms with Gasteiger partial charge in [0.2, 0.25) is 0 Å². The molecule has 0 aliphatic carbocycles. The molecule has 0 atom stereocenters. The van der Waals surface area contributed by atoms with E-state index in [1.807, 2.05) is 30.5 Å². The summed E-state index contributed by atoms with van der Waals surface area (Å²) in [5.41, 5.74) is 3.46. The van der Waals surface area contributed by atoms with Gasteiger partial charge in [-0.05, 0) is 17.7 Å². The lowest BCUT2D eigenvalue weighted by molar-refractivity contribution is 0.611. The molecule has 17 heavy (non-hydrogen) atoms. The number of halogens is 1. The molecular weight excluding hydrogens is 276 g/mol. The van der Waals surface area contributed by atoms with Crippen LogP contribution in [-0.2, 0) is 6.42 Å². The highest BCUT2D eigenvalue weighted by molar-refractivity contribution is 9.10. The minimum absolute atomic E-state index is 0.887. The van der Waals surface area contributed by atoms with Crippen molar-refractivity contribution in [2.24, 2.45) is 0 Å². The number of furan rings is 1. The molecule has 1 heterocycles. The first-order chi connectivity index (χ1) is 8.34. The Morgan fingerprint density at radius 3 is 2.53 bits per heavy atom. The second kappa shape index (κ2) is 4.38. The predicted molar refractivity (Wildman–Crippen MR) is 73.2 cm³/mol. The maximum absolute atomic E-state index is 5.55. The number of hydrogen-bond donors (Lipinski definition) is 0. The van der Waals surface area contributed by atoms with Crippen LogP contribution in [-0.4, -0.2) is 0 Å². The van der Waals surface area contributed by atoms with Crippen LogP contribution in [0.25, 0.3) is 11.0 Å². The third-order valence-corrected chi connectivity index (χ3v) is 3.67. The average Bonchev–Trinajstić information content (AvgIpc) is 2.76. The van der Waals surface area contributed by atoms with Crippen LogP contribution in [0.4, 0.5) is 0 Å².